The smallest absolute Gasteiger partial charge is 0.140 e. The molecular weight excluding hydrogens is 341 g/mol. The fourth-order valence-corrected chi connectivity index (χ4v) is 3.38. The van der Waals surface area contributed by atoms with Gasteiger partial charge < -0.3 is 10.5 Å². The topological polar surface area (TPSA) is 61.0 Å². The average molecular weight is 367 g/mol. The van der Waals surface area contributed by atoms with Gasteiger partial charge in [-0.05, 0) is 62.9 Å². The van der Waals surface area contributed by atoms with Gasteiger partial charge in [0.15, 0.2) is 0 Å². The second-order valence-electron chi connectivity index (χ2n) is 7.96. The fraction of sp³-hybridized carbons (Fsp3) is 0.364. The molecule has 5 heteroatoms. The predicted octanol–water partition coefficient (Wildman–Crippen LogP) is 4.89. The zero-order valence-electron chi connectivity index (χ0n) is 16.3. The maximum absolute atomic E-state index is 13.5. The summed E-state index contributed by atoms with van der Waals surface area (Å²) in [5, 5.41) is 0.873. The molecule has 0 aliphatic carbocycles. The molecule has 0 unspecified atom stereocenters. The van der Waals surface area contributed by atoms with E-state index in [4.69, 9.17) is 10.5 Å². The number of hydrogen-bond acceptors (Lipinski definition) is 4. The van der Waals surface area contributed by atoms with Crippen LogP contribution in [0.3, 0.4) is 0 Å². The first kappa shape index (κ1) is 19.2. The summed E-state index contributed by atoms with van der Waals surface area (Å²) in [4.78, 5) is 8.81. The summed E-state index contributed by atoms with van der Waals surface area (Å²) >= 11 is 0. The first-order chi connectivity index (χ1) is 12.7. The number of pyridine rings is 2. The third-order valence-corrected chi connectivity index (χ3v) is 4.44. The van der Waals surface area contributed by atoms with Crippen LogP contribution in [0, 0.1) is 18.7 Å². The lowest BCUT2D eigenvalue weighted by atomic mass is 9.93. The molecule has 0 spiro atoms. The minimum atomic E-state index is -0.296. The van der Waals surface area contributed by atoms with Gasteiger partial charge in [-0.3, -0.25) is 9.97 Å². The van der Waals surface area contributed by atoms with Gasteiger partial charge in [-0.1, -0.05) is 6.92 Å². The van der Waals surface area contributed by atoms with Crippen molar-refractivity contribution in [3.63, 3.8) is 0 Å². The monoisotopic (exact) mass is 367 g/mol. The van der Waals surface area contributed by atoms with Gasteiger partial charge in [-0.15, -0.1) is 0 Å². The van der Waals surface area contributed by atoms with E-state index in [0.717, 1.165) is 34.4 Å². The number of hydrogen-bond donors (Lipinski definition) is 1. The summed E-state index contributed by atoms with van der Waals surface area (Å²) in [5.41, 5.74) is 9.23. The third kappa shape index (κ3) is 4.80. The van der Waals surface area contributed by atoms with E-state index in [0.29, 0.717) is 18.0 Å². The van der Waals surface area contributed by atoms with Crippen molar-refractivity contribution in [2.24, 2.45) is 11.7 Å². The van der Waals surface area contributed by atoms with E-state index in [1.165, 1.54) is 12.1 Å². The highest BCUT2D eigenvalue weighted by Gasteiger charge is 2.17. The second-order valence-corrected chi connectivity index (χ2v) is 7.96. The number of aromatic nitrogens is 2. The minimum absolute atomic E-state index is 0.207. The molecule has 4 nitrogen and oxygen atoms in total. The number of aryl methyl sites for hydroxylation is 1. The summed E-state index contributed by atoms with van der Waals surface area (Å²) < 4.78 is 19.4. The van der Waals surface area contributed by atoms with Gasteiger partial charge in [-0.2, -0.15) is 0 Å². The van der Waals surface area contributed by atoms with E-state index in [1.807, 2.05) is 32.9 Å². The molecule has 2 heterocycles. The average Bonchev–Trinajstić information content (AvgIpc) is 2.58. The normalized spacial score (nSPS) is 13.0. The Hall–Kier alpha value is -2.53. The predicted molar refractivity (Wildman–Crippen MR) is 107 cm³/mol. The van der Waals surface area contributed by atoms with Crippen molar-refractivity contribution >= 4 is 10.9 Å². The van der Waals surface area contributed by atoms with Crippen LogP contribution in [-0.2, 0) is 0 Å². The Balaban J connectivity index is 1.81. The first-order valence-electron chi connectivity index (χ1n) is 9.16. The molecule has 2 aromatic heterocycles. The lowest BCUT2D eigenvalue weighted by molar-refractivity contribution is 0.227. The van der Waals surface area contributed by atoms with Crippen molar-refractivity contribution in [3.8, 4) is 17.0 Å². The second kappa shape index (κ2) is 7.61. The Morgan fingerprint density at radius 1 is 1.19 bits per heavy atom. The molecule has 0 aliphatic heterocycles. The van der Waals surface area contributed by atoms with Crippen molar-refractivity contribution in [3.05, 3.63) is 54.1 Å². The van der Waals surface area contributed by atoms with E-state index in [1.54, 1.807) is 18.5 Å². The van der Waals surface area contributed by atoms with Crippen LogP contribution in [0.4, 0.5) is 4.39 Å². The number of nitrogens with two attached hydrogens (primary N) is 1. The first-order valence-corrected chi connectivity index (χ1v) is 9.16. The molecule has 0 radical (unpaired) electrons. The van der Waals surface area contributed by atoms with Crippen LogP contribution in [0.25, 0.3) is 22.2 Å². The quantitative estimate of drug-likeness (QED) is 0.674. The maximum Gasteiger partial charge on any atom is 0.140 e. The zero-order valence-corrected chi connectivity index (χ0v) is 16.3. The number of nitrogens with zero attached hydrogens (tertiary/aromatic N) is 2. The van der Waals surface area contributed by atoms with Gasteiger partial charge in [-0.25, -0.2) is 4.39 Å². The van der Waals surface area contributed by atoms with Gasteiger partial charge in [0, 0.05) is 28.8 Å². The van der Waals surface area contributed by atoms with Gasteiger partial charge in [0.05, 0.1) is 24.0 Å². The highest BCUT2D eigenvalue weighted by Crippen LogP contribution is 2.29. The third-order valence-electron chi connectivity index (χ3n) is 4.44. The molecule has 0 bridgehead atoms. The number of rotatable bonds is 6. The molecule has 1 atom stereocenters. The number of halogens is 1. The zero-order chi connectivity index (χ0) is 19.6. The standard InChI is InChI=1S/C22H26FN3O/c1-14(11-22(3,4)24)13-27-21-12-26-19(9-15(21)2)18-7-8-25-20-10-16(23)5-6-17(18)20/h5-10,12,14H,11,13,24H2,1-4H3/t14-/m0/s1. The van der Waals surface area contributed by atoms with Crippen molar-refractivity contribution in [2.45, 2.75) is 39.7 Å². The summed E-state index contributed by atoms with van der Waals surface area (Å²) in [5.74, 6) is 0.822. The number of benzene rings is 1. The maximum atomic E-state index is 13.5. The Labute approximate surface area is 159 Å². The summed E-state index contributed by atoms with van der Waals surface area (Å²) in [6, 6.07) is 8.51. The lowest BCUT2D eigenvalue weighted by Crippen LogP contribution is -2.35. The molecule has 2 N–H and O–H groups in total. The van der Waals surface area contributed by atoms with Crippen LogP contribution in [0.15, 0.2) is 42.7 Å². The number of ether oxygens (including phenoxy) is 1. The van der Waals surface area contributed by atoms with Crippen LogP contribution < -0.4 is 10.5 Å². The molecule has 0 aliphatic rings. The van der Waals surface area contributed by atoms with Gasteiger partial charge in [0.1, 0.15) is 11.6 Å². The van der Waals surface area contributed by atoms with Crippen LogP contribution in [0.2, 0.25) is 0 Å². The van der Waals surface area contributed by atoms with E-state index in [9.17, 15) is 4.39 Å². The summed E-state index contributed by atoms with van der Waals surface area (Å²) in [7, 11) is 0. The highest BCUT2D eigenvalue weighted by molar-refractivity contribution is 5.93. The molecule has 27 heavy (non-hydrogen) atoms. The van der Waals surface area contributed by atoms with Crippen molar-refractivity contribution < 1.29 is 9.13 Å². The summed E-state index contributed by atoms with van der Waals surface area (Å²) in [6.45, 7) is 8.78. The Morgan fingerprint density at radius 3 is 2.67 bits per heavy atom. The Morgan fingerprint density at radius 2 is 1.96 bits per heavy atom. The molecular formula is C22H26FN3O. The van der Waals surface area contributed by atoms with Crippen molar-refractivity contribution in [1.29, 1.82) is 0 Å². The van der Waals surface area contributed by atoms with E-state index in [-0.39, 0.29) is 11.4 Å². The highest BCUT2D eigenvalue weighted by atomic mass is 19.1. The van der Waals surface area contributed by atoms with Crippen LogP contribution in [-0.4, -0.2) is 22.1 Å². The molecule has 3 aromatic rings. The van der Waals surface area contributed by atoms with Crippen LogP contribution in [0.1, 0.15) is 32.8 Å². The number of fused-ring (bicyclic) bond motifs is 1. The van der Waals surface area contributed by atoms with E-state index < -0.39 is 0 Å². The molecule has 3 rings (SSSR count). The van der Waals surface area contributed by atoms with Crippen molar-refractivity contribution in [2.75, 3.05) is 6.61 Å². The minimum Gasteiger partial charge on any atom is -0.491 e. The molecule has 142 valence electrons. The molecule has 0 amide bonds. The summed E-state index contributed by atoms with van der Waals surface area (Å²) in [6.07, 6.45) is 4.31. The van der Waals surface area contributed by atoms with Crippen molar-refractivity contribution in [1.82, 2.24) is 9.97 Å². The van der Waals surface area contributed by atoms with E-state index in [2.05, 4.69) is 16.9 Å². The van der Waals surface area contributed by atoms with E-state index >= 15 is 0 Å². The Kier molecular flexibility index (Phi) is 5.42. The van der Waals surface area contributed by atoms with Crippen LogP contribution >= 0.6 is 0 Å². The van der Waals surface area contributed by atoms with Crippen LogP contribution in [0.5, 0.6) is 5.75 Å². The van der Waals surface area contributed by atoms with Gasteiger partial charge >= 0.3 is 0 Å². The van der Waals surface area contributed by atoms with Gasteiger partial charge in [0.25, 0.3) is 0 Å². The lowest BCUT2D eigenvalue weighted by Gasteiger charge is -2.23. The SMILES string of the molecule is Cc1cc(-c2ccnc3cc(F)ccc23)ncc1OC[C@@H](C)CC(C)(C)N. The Bertz CT molecular complexity index is 950. The van der Waals surface area contributed by atoms with Gasteiger partial charge in [0.2, 0.25) is 0 Å². The molecule has 0 saturated heterocycles. The molecule has 0 fully saturated rings. The molecule has 1 aromatic carbocycles. The molecule has 0 saturated carbocycles. The fourth-order valence-electron chi connectivity index (χ4n) is 3.38. The largest absolute Gasteiger partial charge is 0.491 e.